The lowest BCUT2D eigenvalue weighted by atomic mass is 9.91. The lowest BCUT2D eigenvalue weighted by molar-refractivity contribution is -0.385. The van der Waals surface area contributed by atoms with Crippen LogP contribution in [0, 0.1) is 10.1 Å². The minimum Gasteiger partial charge on any atom is -0.478 e. The first kappa shape index (κ1) is 21.6. The highest BCUT2D eigenvalue weighted by molar-refractivity contribution is 6.06. The number of likely N-dealkylation sites (N-methyl/N-ethyl adjacent to an activating group) is 1. The Hall–Kier alpha value is -3.58. The van der Waals surface area contributed by atoms with Gasteiger partial charge in [-0.25, -0.2) is 9.78 Å². The summed E-state index contributed by atoms with van der Waals surface area (Å²) in [6.07, 6.45) is 1.89. The number of hydrogen-bond donors (Lipinski definition) is 1. The maximum Gasteiger partial charge on any atom is 0.336 e. The van der Waals surface area contributed by atoms with E-state index in [1.165, 1.54) is 0 Å². The smallest absolute Gasteiger partial charge is 0.336 e. The topological polar surface area (TPSA) is 96.6 Å². The number of nitro groups is 1. The van der Waals surface area contributed by atoms with Gasteiger partial charge in [-0.15, -0.1) is 0 Å². The third-order valence-corrected chi connectivity index (χ3v) is 5.95. The summed E-state index contributed by atoms with van der Waals surface area (Å²) in [5, 5.41) is 22.3. The van der Waals surface area contributed by atoms with Crippen LogP contribution in [0.4, 0.5) is 5.69 Å². The molecule has 0 fully saturated rings. The second kappa shape index (κ2) is 8.51. The van der Waals surface area contributed by atoms with Crippen LogP contribution in [0.15, 0.2) is 42.5 Å². The van der Waals surface area contributed by atoms with Crippen molar-refractivity contribution in [2.45, 2.75) is 33.2 Å². The highest BCUT2D eigenvalue weighted by Crippen LogP contribution is 2.35. The molecule has 4 rings (SSSR count). The Morgan fingerprint density at radius 3 is 2.66 bits per heavy atom. The minimum absolute atomic E-state index is 0.0363. The quantitative estimate of drug-likeness (QED) is 0.433. The molecule has 2 heterocycles. The molecule has 0 bridgehead atoms. The molecule has 0 atom stereocenters. The molecule has 0 aliphatic carbocycles. The zero-order valence-electron chi connectivity index (χ0n) is 18.3. The van der Waals surface area contributed by atoms with Crippen molar-refractivity contribution in [3.8, 4) is 0 Å². The zero-order valence-corrected chi connectivity index (χ0v) is 18.3. The molecular formula is C25H25N3O4. The first-order chi connectivity index (χ1) is 15.3. The predicted octanol–water partition coefficient (Wildman–Crippen LogP) is 5.34. The molecule has 1 aliphatic heterocycles. The third-order valence-electron chi connectivity index (χ3n) is 5.95. The van der Waals surface area contributed by atoms with Gasteiger partial charge >= 0.3 is 5.97 Å². The molecule has 0 saturated heterocycles. The summed E-state index contributed by atoms with van der Waals surface area (Å²) in [6.45, 7) is 7.72. The van der Waals surface area contributed by atoms with E-state index >= 15 is 0 Å². The Morgan fingerprint density at radius 2 is 2.00 bits per heavy atom. The Kier molecular flexibility index (Phi) is 5.76. The molecule has 32 heavy (non-hydrogen) atoms. The Balaban J connectivity index is 1.94. The van der Waals surface area contributed by atoms with E-state index in [9.17, 15) is 20.0 Å². The molecule has 7 heteroatoms. The summed E-state index contributed by atoms with van der Waals surface area (Å²) in [6, 6.07) is 12.5. The molecule has 0 radical (unpaired) electrons. The lowest BCUT2D eigenvalue weighted by Gasteiger charge is -2.30. The first-order valence-corrected chi connectivity index (χ1v) is 10.7. The second-order valence-corrected chi connectivity index (χ2v) is 8.34. The van der Waals surface area contributed by atoms with E-state index in [1.807, 2.05) is 51.1 Å². The molecular weight excluding hydrogens is 406 g/mol. The Labute approximate surface area is 186 Å². The van der Waals surface area contributed by atoms with E-state index in [2.05, 4.69) is 4.90 Å². The number of carboxylic acid groups (broad SMARTS) is 1. The minimum atomic E-state index is -0.978. The van der Waals surface area contributed by atoms with Crippen LogP contribution in [-0.4, -0.2) is 39.0 Å². The molecule has 2 aromatic carbocycles. The predicted molar refractivity (Wildman–Crippen MR) is 125 cm³/mol. The molecule has 1 aromatic heterocycles. The van der Waals surface area contributed by atoms with Gasteiger partial charge in [-0.2, -0.15) is 0 Å². The number of carbonyl (C=O) groups is 1. The van der Waals surface area contributed by atoms with Crippen molar-refractivity contribution < 1.29 is 14.8 Å². The van der Waals surface area contributed by atoms with Gasteiger partial charge in [0.15, 0.2) is 0 Å². The van der Waals surface area contributed by atoms with Crippen LogP contribution in [0.5, 0.6) is 0 Å². The number of aromatic carboxylic acids is 1. The number of fused-ring (bicyclic) bond motifs is 2. The van der Waals surface area contributed by atoms with Crippen molar-refractivity contribution in [2.75, 3.05) is 13.1 Å². The average Bonchev–Trinajstić information content (AvgIpc) is 2.76. The summed E-state index contributed by atoms with van der Waals surface area (Å²) in [5.74, 6) is -0.941. The van der Waals surface area contributed by atoms with Crippen molar-refractivity contribution in [3.05, 3.63) is 80.5 Å². The number of hydrogen-bond acceptors (Lipinski definition) is 5. The largest absolute Gasteiger partial charge is 0.478 e. The summed E-state index contributed by atoms with van der Waals surface area (Å²) in [7, 11) is 0. The van der Waals surface area contributed by atoms with Crippen LogP contribution in [0.1, 0.15) is 59.4 Å². The highest BCUT2D eigenvalue weighted by Gasteiger charge is 2.28. The summed E-state index contributed by atoms with van der Waals surface area (Å²) >= 11 is 0. The normalized spacial score (nSPS) is 15.3. The van der Waals surface area contributed by atoms with E-state index in [0.29, 0.717) is 46.4 Å². The molecule has 1 N–H and O–H groups in total. The molecule has 164 valence electrons. The maximum atomic E-state index is 12.2. The van der Waals surface area contributed by atoms with E-state index < -0.39 is 5.97 Å². The van der Waals surface area contributed by atoms with Crippen LogP contribution in [0.3, 0.4) is 0 Å². The van der Waals surface area contributed by atoms with Crippen molar-refractivity contribution in [2.24, 2.45) is 0 Å². The Bertz CT molecular complexity index is 1260. The number of para-hydroxylation sites is 1. The summed E-state index contributed by atoms with van der Waals surface area (Å²) < 4.78 is 0. The summed E-state index contributed by atoms with van der Waals surface area (Å²) in [5.41, 5.74) is 4.57. The number of pyridine rings is 1. The molecule has 0 spiro atoms. The van der Waals surface area contributed by atoms with E-state index in [1.54, 1.807) is 18.2 Å². The van der Waals surface area contributed by atoms with Crippen LogP contribution in [0.25, 0.3) is 22.6 Å². The van der Waals surface area contributed by atoms with Gasteiger partial charge in [0.1, 0.15) is 0 Å². The molecule has 1 aliphatic rings. The van der Waals surface area contributed by atoms with E-state index in [-0.39, 0.29) is 22.1 Å². The highest BCUT2D eigenvalue weighted by atomic mass is 16.6. The number of benzene rings is 2. The lowest BCUT2D eigenvalue weighted by Crippen LogP contribution is -2.31. The first-order valence-electron chi connectivity index (χ1n) is 10.7. The average molecular weight is 431 g/mol. The van der Waals surface area contributed by atoms with Gasteiger partial charge in [0.05, 0.1) is 21.7 Å². The molecule has 0 unspecified atom stereocenters. The van der Waals surface area contributed by atoms with Gasteiger partial charge in [0, 0.05) is 35.7 Å². The van der Waals surface area contributed by atoms with Crippen molar-refractivity contribution >= 4 is 34.2 Å². The standard InChI is InChI=1S/C25H25N3O4/c1-4-27-13-17(11-16-9-10-18(15(2)3)22(12-16)28(31)32)24-20(14-27)23(25(29)30)19-7-5-6-8-21(19)26-24/h5-12,15H,4,13-14H2,1-3H3,(H,29,30)/b17-11-. The summed E-state index contributed by atoms with van der Waals surface area (Å²) in [4.78, 5) is 30.5. The number of aromatic nitrogens is 1. The molecule has 0 amide bonds. The van der Waals surface area contributed by atoms with E-state index in [4.69, 9.17) is 4.98 Å². The second-order valence-electron chi connectivity index (χ2n) is 8.34. The SMILES string of the molecule is CCN1C/C(=C/c2ccc(C(C)C)c([N+](=O)[O-])c2)c2nc3ccccc3c(C(=O)O)c2C1. The van der Waals surface area contributed by atoms with Gasteiger partial charge < -0.3 is 5.11 Å². The fraction of sp³-hybridized carbons (Fsp3) is 0.280. The van der Waals surface area contributed by atoms with Gasteiger partial charge in [0.25, 0.3) is 5.69 Å². The van der Waals surface area contributed by atoms with Crippen molar-refractivity contribution in [1.29, 1.82) is 0 Å². The molecule has 0 saturated carbocycles. The van der Waals surface area contributed by atoms with Gasteiger partial charge in [-0.3, -0.25) is 15.0 Å². The molecule has 7 nitrogen and oxygen atoms in total. The van der Waals surface area contributed by atoms with Gasteiger partial charge in [-0.1, -0.05) is 51.1 Å². The monoisotopic (exact) mass is 431 g/mol. The van der Waals surface area contributed by atoms with Crippen molar-refractivity contribution in [1.82, 2.24) is 9.88 Å². The van der Waals surface area contributed by atoms with Crippen molar-refractivity contribution in [3.63, 3.8) is 0 Å². The third kappa shape index (κ3) is 3.87. The van der Waals surface area contributed by atoms with E-state index in [0.717, 1.165) is 12.1 Å². The fourth-order valence-electron chi connectivity index (χ4n) is 4.35. The number of carboxylic acids is 1. The van der Waals surface area contributed by atoms with Crippen LogP contribution >= 0.6 is 0 Å². The number of rotatable bonds is 5. The number of nitro benzene ring substituents is 1. The fourth-order valence-corrected chi connectivity index (χ4v) is 4.35. The van der Waals surface area contributed by atoms with Gasteiger partial charge in [-0.05, 0) is 35.7 Å². The van der Waals surface area contributed by atoms with Crippen LogP contribution in [-0.2, 0) is 6.54 Å². The van der Waals surface area contributed by atoms with Gasteiger partial charge in [0.2, 0.25) is 0 Å². The van der Waals surface area contributed by atoms with Crippen LogP contribution in [0.2, 0.25) is 0 Å². The maximum absolute atomic E-state index is 12.2. The zero-order chi connectivity index (χ0) is 23.0. The Morgan fingerprint density at radius 1 is 1.25 bits per heavy atom. The number of nitrogens with zero attached hydrogens (tertiary/aromatic N) is 3. The van der Waals surface area contributed by atoms with Crippen LogP contribution < -0.4 is 0 Å². The molecule has 3 aromatic rings.